The third-order valence-electron chi connectivity index (χ3n) is 4.11. The molecule has 6 heteroatoms. The Morgan fingerprint density at radius 3 is 1.85 bits per heavy atom. The van der Waals surface area contributed by atoms with Crippen LogP contribution in [0.2, 0.25) is 0 Å². The number of aromatic nitrogens is 2. The van der Waals surface area contributed by atoms with E-state index in [1.807, 2.05) is 60.7 Å². The second kappa shape index (κ2) is 7.37. The van der Waals surface area contributed by atoms with Crippen molar-refractivity contribution in [1.29, 1.82) is 0 Å². The van der Waals surface area contributed by atoms with Gasteiger partial charge in [0.25, 0.3) is 0 Å². The van der Waals surface area contributed by atoms with Gasteiger partial charge in [0.15, 0.2) is 11.6 Å². The number of nitrogens with zero attached hydrogens (tertiary/aromatic N) is 2. The van der Waals surface area contributed by atoms with E-state index in [9.17, 15) is 13.2 Å². The molecule has 0 N–H and O–H groups in total. The Kier molecular flexibility index (Phi) is 4.78. The Morgan fingerprint density at radius 1 is 0.704 bits per heavy atom. The van der Waals surface area contributed by atoms with E-state index in [4.69, 9.17) is 0 Å². The van der Waals surface area contributed by atoms with Gasteiger partial charge in [-0.2, -0.15) is 0 Å². The van der Waals surface area contributed by atoms with Crippen molar-refractivity contribution >= 4 is 24.1 Å². The number of rotatable bonds is 4. The van der Waals surface area contributed by atoms with Crippen molar-refractivity contribution in [2.75, 3.05) is 0 Å². The zero-order valence-electron chi connectivity index (χ0n) is 14.1. The van der Waals surface area contributed by atoms with E-state index >= 15 is 0 Å². The lowest BCUT2D eigenvalue weighted by molar-refractivity contribution is 0.489. The van der Waals surface area contributed by atoms with E-state index in [1.165, 1.54) is 17.0 Å². The molecular formula is C21H14F3N2P. The van der Waals surface area contributed by atoms with Gasteiger partial charge >= 0.3 is 0 Å². The van der Waals surface area contributed by atoms with Gasteiger partial charge in [0.05, 0.1) is 0 Å². The molecule has 1 aromatic heterocycles. The molecule has 0 fully saturated rings. The molecule has 0 spiro atoms. The van der Waals surface area contributed by atoms with E-state index in [2.05, 4.69) is 4.98 Å². The summed E-state index contributed by atoms with van der Waals surface area (Å²) in [6, 6.07) is 21.0. The number of imidazole rings is 1. The smallest absolute Gasteiger partial charge is 0.185 e. The van der Waals surface area contributed by atoms with Gasteiger partial charge in [-0.1, -0.05) is 60.7 Å². The molecule has 134 valence electrons. The Bertz CT molecular complexity index is 1030. The second-order valence-corrected chi connectivity index (χ2v) is 7.90. The normalized spacial score (nSPS) is 11.1. The number of halogens is 3. The lowest BCUT2D eigenvalue weighted by atomic mass is 10.3. The van der Waals surface area contributed by atoms with Gasteiger partial charge < -0.3 is 0 Å². The first-order valence-electron chi connectivity index (χ1n) is 8.24. The lowest BCUT2D eigenvalue weighted by Crippen LogP contribution is -2.28. The van der Waals surface area contributed by atoms with Gasteiger partial charge in [0.1, 0.15) is 17.1 Å². The summed E-state index contributed by atoms with van der Waals surface area (Å²) < 4.78 is 43.9. The highest BCUT2D eigenvalue weighted by atomic mass is 31.1. The SMILES string of the molecule is Fc1ccc(F)c(-n2ccnc2P(c2ccccc2)c2ccccc2)c1F. The maximum absolute atomic E-state index is 14.4. The minimum atomic E-state index is -1.23. The van der Waals surface area contributed by atoms with Crippen LogP contribution in [0.25, 0.3) is 5.69 Å². The van der Waals surface area contributed by atoms with Crippen molar-refractivity contribution < 1.29 is 13.2 Å². The zero-order chi connectivity index (χ0) is 18.8. The van der Waals surface area contributed by atoms with Crippen LogP contribution >= 0.6 is 7.92 Å². The fourth-order valence-electron chi connectivity index (χ4n) is 2.91. The van der Waals surface area contributed by atoms with Crippen LogP contribution in [-0.2, 0) is 0 Å². The van der Waals surface area contributed by atoms with Crippen LogP contribution in [0.15, 0.2) is 85.2 Å². The third kappa shape index (κ3) is 3.26. The van der Waals surface area contributed by atoms with E-state index in [0.717, 1.165) is 22.7 Å². The fraction of sp³-hybridized carbons (Fsp3) is 0. The van der Waals surface area contributed by atoms with Crippen molar-refractivity contribution in [3.63, 3.8) is 0 Å². The maximum atomic E-state index is 14.4. The average molecular weight is 382 g/mol. The molecule has 0 aliphatic heterocycles. The fourth-order valence-corrected chi connectivity index (χ4v) is 5.17. The average Bonchev–Trinajstić information content (AvgIpc) is 3.16. The highest BCUT2D eigenvalue weighted by Gasteiger charge is 2.25. The van der Waals surface area contributed by atoms with Crippen molar-refractivity contribution in [2.45, 2.75) is 0 Å². The van der Waals surface area contributed by atoms with Gasteiger partial charge in [0.2, 0.25) is 0 Å². The molecule has 0 radical (unpaired) electrons. The summed E-state index contributed by atoms with van der Waals surface area (Å²) in [5.74, 6) is -3.18. The maximum Gasteiger partial charge on any atom is 0.185 e. The molecule has 3 aromatic carbocycles. The quantitative estimate of drug-likeness (QED) is 0.385. The topological polar surface area (TPSA) is 17.8 Å². The predicted molar refractivity (Wildman–Crippen MR) is 102 cm³/mol. The van der Waals surface area contributed by atoms with Crippen molar-refractivity contribution in [3.05, 3.63) is 103 Å². The molecule has 0 aliphatic carbocycles. The van der Waals surface area contributed by atoms with E-state index < -0.39 is 31.1 Å². The molecular weight excluding hydrogens is 368 g/mol. The van der Waals surface area contributed by atoms with Gasteiger partial charge in [-0.3, -0.25) is 4.57 Å². The molecule has 0 saturated heterocycles. The summed E-state index contributed by atoms with van der Waals surface area (Å²) in [5.41, 5.74) is 0.00709. The van der Waals surface area contributed by atoms with Crippen molar-refractivity contribution in [1.82, 2.24) is 9.55 Å². The predicted octanol–water partition coefficient (Wildman–Crippen LogP) is 4.05. The standard InChI is InChI=1S/C21H14F3N2P/c22-17-11-12-18(23)20(19(17)24)26-14-13-25-21(26)27(15-7-3-1-4-8-15)16-9-5-2-6-10-16/h1-14H. The first kappa shape index (κ1) is 17.5. The molecule has 27 heavy (non-hydrogen) atoms. The Morgan fingerprint density at radius 2 is 1.26 bits per heavy atom. The van der Waals surface area contributed by atoms with E-state index in [1.54, 1.807) is 0 Å². The van der Waals surface area contributed by atoms with Gasteiger partial charge in [-0.05, 0) is 22.7 Å². The van der Waals surface area contributed by atoms with Gasteiger partial charge in [0, 0.05) is 20.3 Å². The summed E-state index contributed by atoms with van der Waals surface area (Å²) in [7, 11) is -1.19. The molecule has 1 heterocycles. The van der Waals surface area contributed by atoms with Crippen LogP contribution in [-0.4, -0.2) is 9.55 Å². The largest absolute Gasteiger partial charge is 0.294 e. The Labute approximate surface area is 155 Å². The first-order valence-corrected chi connectivity index (χ1v) is 9.58. The van der Waals surface area contributed by atoms with Crippen LogP contribution < -0.4 is 16.2 Å². The molecule has 0 aliphatic rings. The summed E-state index contributed by atoms with van der Waals surface area (Å²) in [6.45, 7) is 0. The van der Waals surface area contributed by atoms with Crippen LogP contribution in [0, 0.1) is 17.5 Å². The molecule has 0 bridgehead atoms. The summed E-state index contributed by atoms with van der Waals surface area (Å²) in [4.78, 5) is 4.39. The first-order chi connectivity index (χ1) is 13.2. The second-order valence-electron chi connectivity index (χ2n) is 5.80. The molecule has 4 rings (SSSR count). The lowest BCUT2D eigenvalue weighted by Gasteiger charge is -2.20. The van der Waals surface area contributed by atoms with Gasteiger partial charge in [-0.25, -0.2) is 18.2 Å². The van der Waals surface area contributed by atoms with Crippen LogP contribution in [0.5, 0.6) is 0 Å². The Hall–Kier alpha value is -2.91. The van der Waals surface area contributed by atoms with Crippen molar-refractivity contribution in [2.24, 2.45) is 0 Å². The van der Waals surface area contributed by atoms with Crippen molar-refractivity contribution in [3.8, 4) is 5.69 Å². The molecule has 4 aromatic rings. The number of hydrogen-bond donors (Lipinski definition) is 0. The monoisotopic (exact) mass is 382 g/mol. The van der Waals surface area contributed by atoms with Crippen LogP contribution in [0.1, 0.15) is 0 Å². The third-order valence-corrected chi connectivity index (χ3v) is 6.47. The number of hydrogen-bond acceptors (Lipinski definition) is 1. The van der Waals surface area contributed by atoms with Gasteiger partial charge in [-0.15, -0.1) is 0 Å². The molecule has 0 atom stereocenters. The highest BCUT2D eigenvalue weighted by molar-refractivity contribution is 7.79. The molecule has 0 saturated carbocycles. The minimum Gasteiger partial charge on any atom is -0.294 e. The molecule has 0 unspecified atom stereocenters. The minimum absolute atomic E-state index is 0.457. The van der Waals surface area contributed by atoms with E-state index in [-0.39, 0.29) is 0 Å². The van der Waals surface area contributed by atoms with E-state index in [0.29, 0.717) is 5.57 Å². The van der Waals surface area contributed by atoms with Crippen LogP contribution in [0.3, 0.4) is 0 Å². The zero-order valence-corrected chi connectivity index (χ0v) is 15.0. The van der Waals surface area contributed by atoms with Crippen LogP contribution in [0.4, 0.5) is 13.2 Å². The summed E-state index contributed by atoms with van der Waals surface area (Å²) >= 11 is 0. The summed E-state index contributed by atoms with van der Waals surface area (Å²) in [5, 5.41) is 1.95. The Balaban J connectivity index is 1.95. The molecule has 0 amide bonds. The summed E-state index contributed by atoms with van der Waals surface area (Å²) in [6.07, 6.45) is 2.93. The highest BCUT2D eigenvalue weighted by Crippen LogP contribution is 2.33. The molecule has 2 nitrogen and oxygen atoms in total. The number of benzene rings is 3.